The van der Waals surface area contributed by atoms with Crippen LogP contribution in [-0.4, -0.2) is 28.5 Å². The fourth-order valence-electron chi connectivity index (χ4n) is 1.69. The first-order chi connectivity index (χ1) is 9.08. The summed E-state index contributed by atoms with van der Waals surface area (Å²) >= 11 is 0. The maximum absolute atomic E-state index is 10.9. The van der Waals surface area contributed by atoms with E-state index in [0.29, 0.717) is 17.5 Å². The van der Waals surface area contributed by atoms with Gasteiger partial charge in [-0.25, -0.2) is 0 Å². The number of benzene rings is 1. The van der Waals surface area contributed by atoms with Gasteiger partial charge in [0.05, 0.1) is 23.3 Å². The van der Waals surface area contributed by atoms with Gasteiger partial charge in [-0.1, -0.05) is 0 Å². The average molecular weight is 262 g/mol. The molecule has 1 heterocycles. The molecule has 0 aliphatic heterocycles. The molecule has 2 aromatic rings. The van der Waals surface area contributed by atoms with E-state index in [-0.39, 0.29) is 22.8 Å². The Morgan fingerprint density at radius 1 is 1.53 bits per heavy atom. The number of nitro benzene ring substituents is 1. The zero-order valence-corrected chi connectivity index (χ0v) is 9.91. The molecule has 0 fully saturated rings. The molecule has 1 aromatic heterocycles. The summed E-state index contributed by atoms with van der Waals surface area (Å²) in [6, 6.07) is 4.31. The summed E-state index contributed by atoms with van der Waals surface area (Å²) in [5.74, 6) is 0.178. The molecule has 0 saturated carbocycles. The van der Waals surface area contributed by atoms with E-state index in [0.717, 1.165) is 0 Å². The second kappa shape index (κ2) is 4.77. The Morgan fingerprint density at radius 3 is 2.84 bits per heavy atom. The number of aldehydes is 1. The van der Waals surface area contributed by atoms with Gasteiger partial charge < -0.3 is 10.5 Å². The van der Waals surface area contributed by atoms with Crippen LogP contribution in [0.15, 0.2) is 18.2 Å². The molecule has 8 nitrogen and oxygen atoms in total. The SMILES string of the molecule is COc1ccc(-c2[nH]nc(N)c2C=O)cc1[N+](=O)[O-]. The van der Waals surface area contributed by atoms with Crippen LogP contribution >= 0.6 is 0 Å². The predicted octanol–water partition coefficient (Wildman–Crippen LogP) is 1.39. The number of carbonyl (C=O) groups excluding carboxylic acids is 1. The fourth-order valence-corrected chi connectivity index (χ4v) is 1.69. The Balaban J connectivity index is 2.60. The van der Waals surface area contributed by atoms with Crippen LogP contribution in [0.5, 0.6) is 5.75 Å². The maximum Gasteiger partial charge on any atom is 0.311 e. The molecular formula is C11H10N4O4. The first-order valence-corrected chi connectivity index (χ1v) is 5.20. The van der Waals surface area contributed by atoms with Crippen LogP contribution in [0.4, 0.5) is 11.5 Å². The van der Waals surface area contributed by atoms with Crippen molar-refractivity contribution >= 4 is 17.8 Å². The number of methoxy groups -OCH3 is 1. The number of rotatable bonds is 4. The number of nitro groups is 1. The molecule has 3 N–H and O–H groups in total. The number of anilines is 1. The molecule has 1 aromatic carbocycles. The predicted molar refractivity (Wildman–Crippen MR) is 67.0 cm³/mol. The Hall–Kier alpha value is -2.90. The zero-order valence-electron chi connectivity index (χ0n) is 9.91. The van der Waals surface area contributed by atoms with Crippen LogP contribution in [0.2, 0.25) is 0 Å². The van der Waals surface area contributed by atoms with Crippen LogP contribution in [0.25, 0.3) is 11.3 Å². The lowest BCUT2D eigenvalue weighted by molar-refractivity contribution is -0.385. The molecule has 0 spiro atoms. The minimum Gasteiger partial charge on any atom is -0.490 e. The van der Waals surface area contributed by atoms with Crippen molar-refractivity contribution in [2.75, 3.05) is 12.8 Å². The van der Waals surface area contributed by atoms with Gasteiger partial charge in [0.2, 0.25) is 0 Å². The van der Waals surface area contributed by atoms with Crippen LogP contribution in [0.3, 0.4) is 0 Å². The highest BCUT2D eigenvalue weighted by Gasteiger charge is 2.19. The number of nitrogens with two attached hydrogens (primary N) is 1. The lowest BCUT2D eigenvalue weighted by Crippen LogP contribution is -1.95. The third-order valence-corrected chi connectivity index (χ3v) is 2.62. The normalized spacial score (nSPS) is 10.2. The lowest BCUT2D eigenvalue weighted by atomic mass is 10.1. The molecule has 0 radical (unpaired) electrons. The van der Waals surface area contributed by atoms with E-state index in [2.05, 4.69) is 10.2 Å². The number of nitrogens with zero attached hydrogens (tertiary/aromatic N) is 2. The van der Waals surface area contributed by atoms with Crippen molar-refractivity contribution in [2.24, 2.45) is 0 Å². The molecule has 0 atom stereocenters. The summed E-state index contributed by atoms with van der Waals surface area (Å²) in [6.45, 7) is 0. The Morgan fingerprint density at radius 2 is 2.26 bits per heavy atom. The van der Waals surface area contributed by atoms with Crippen LogP contribution in [-0.2, 0) is 0 Å². The minimum atomic E-state index is -0.567. The first-order valence-electron chi connectivity index (χ1n) is 5.20. The summed E-state index contributed by atoms with van der Waals surface area (Å²) in [5, 5.41) is 17.2. The molecule has 19 heavy (non-hydrogen) atoms. The van der Waals surface area contributed by atoms with E-state index in [4.69, 9.17) is 10.5 Å². The zero-order chi connectivity index (χ0) is 14.0. The number of aromatic amines is 1. The third kappa shape index (κ3) is 2.10. The maximum atomic E-state index is 10.9. The highest BCUT2D eigenvalue weighted by Crippen LogP contribution is 2.33. The number of H-pyrrole nitrogens is 1. The van der Waals surface area contributed by atoms with Gasteiger partial charge in [0.25, 0.3) is 0 Å². The van der Waals surface area contributed by atoms with Crippen molar-refractivity contribution in [1.82, 2.24) is 10.2 Å². The Bertz CT molecular complexity index is 650. The van der Waals surface area contributed by atoms with Gasteiger partial charge in [-0.3, -0.25) is 20.0 Å². The number of hydrogen-bond donors (Lipinski definition) is 2. The molecule has 98 valence electrons. The van der Waals surface area contributed by atoms with E-state index < -0.39 is 4.92 Å². The topological polar surface area (TPSA) is 124 Å². The average Bonchev–Trinajstić information content (AvgIpc) is 2.78. The van der Waals surface area contributed by atoms with E-state index in [1.807, 2.05) is 0 Å². The van der Waals surface area contributed by atoms with E-state index >= 15 is 0 Å². The van der Waals surface area contributed by atoms with Crippen molar-refractivity contribution in [3.8, 4) is 17.0 Å². The fraction of sp³-hybridized carbons (Fsp3) is 0.0909. The van der Waals surface area contributed by atoms with Gasteiger partial charge in [0.15, 0.2) is 17.9 Å². The molecule has 8 heteroatoms. The Labute approximate surface area is 107 Å². The van der Waals surface area contributed by atoms with Crippen molar-refractivity contribution in [2.45, 2.75) is 0 Å². The van der Waals surface area contributed by atoms with Crippen LogP contribution in [0, 0.1) is 10.1 Å². The van der Waals surface area contributed by atoms with Crippen molar-refractivity contribution in [3.63, 3.8) is 0 Å². The van der Waals surface area contributed by atoms with E-state index in [1.165, 1.54) is 19.2 Å². The minimum absolute atomic E-state index is 0.0449. The van der Waals surface area contributed by atoms with Crippen LogP contribution < -0.4 is 10.5 Å². The summed E-state index contributed by atoms with van der Waals surface area (Å²) in [5.41, 5.74) is 6.23. The van der Waals surface area contributed by atoms with Crippen molar-refractivity contribution in [1.29, 1.82) is 0 Å². The van der Waals surface area contributed by atoms with Gasteiger partial charge in [0, 0.05) is 11.6 Å². The molecule has 0 unspecified atom stereocenters. The number of ether oxygens (including phenoxy) is 1. The number of nitrogen functional groups attached to an aromatic ring is 1. The molecular weight excluding hydrogens is 252 g/mol. The summed E-state index contributed by atoms with van der Waals surface area (Å²) in [6.07, 6.45) is 0.546. The highest BCUT2D eigenvalue weighted by molar-refractivity contribution is 5.91. The van der Waals surface area contributed by atoms with Crippen molar-refractivity contribution in [3.05, 3.63) is 33.9 Å². The van der Waals surface area contributed by atoms with Crippen molar-refractivity contribution < 1.29 is 14.5 Å². The van der Waals surface area contributed by atoms with Gasteiger partial charge in [-0.2, -0.15) is 5.10 Å². The molecule has 0 aliphatic rings. The second-order valence-electron chi connectivity index (χ2n) is 3.66. The lowest BCUT2D eigenvalue weighted by Gasteiger charge is -2.04. The molecule has 0 aliphatic carbocycles. The number of aromatic nitrogens is 2. The summed E-state index contributed by atoms with van der Waals surface area (Å²) < 4.78 is 4.90. The third-order valence-electron chi connectivity index (χ3n) is 2.62. The number of carbonyl (C=O) groups is 1. The second-order valence-corrected chi connectivity index (χ2v) is 3.66. The smallest absolute Gasteiger partial charge is 0.311 e. The van der Waals surface area contributed by atoms with Crippen LogP contribution in [0.1, 0.15) is 10.4 Å². The molecule has 0 saturated heterocycles. The standard InChI is InChI=1S/C11H10N4O4/c1-19-9-3-2-6(4-8(9)15(17)18)10-7(5-16)11(12)14-13-10/h2-5H,1H3,(H3,12,13,14). The summed E-state index contributed by atoms with van der Waals surface area (Å²) in [4.78, 5) is 21.3. The number of hydrogen-bond acceptors (Lipinski definition) is 6. The summed E-state index contributed by atoms with van der Waals surface area (Å²) in [7, 11) is 1.34. The molecule has 0 bridgehead atoms. The monoisotopic (exact) mass is 262 g/mol. The molecule has 2 rings (SSSR count). The molecule has 0 amide bonds. The van der Waals surface area contributed by atoms with Gasteiger partial charge in [-0.05, 0) is 12.1 Å². The van der Waals surface area contributed by atoms with E-state index in [9.17, 15) is 14.9 Å². The number of nitrogens with one attached hydrogen (secondary N) is 1. The van der Waals surface area contributed by atoms with Gasteiger partial charge in [-0.15, -0.1) is 0 Å². The highest BCUT2D eigenvalue weighted by atomic mass is 16.6. The Kier molecular flexibility index (Phi) is 3.15. The van der Waals surface area contributed by atoms with Gasteiger partial charge >= 0.3 is 5.69 Å². The van der Waals surface area contributed by atoms with Gasteiger partial charge in [0.1, 0.15) is 0 Å². The quantitative estimate of drug-likeness (QED) is 0.487. The van der Waals surface area contributed by atoms with E-state index in [1.54, 1.807) is 6.07 Å². The largest absolute Gasteiger partial charge is 0.490 e. The first kappa shape index (κ1) is 12.6.